The Labute approximate surface area is 129 Å². The summed E-state index contributed by atoms with van der Waals surface area (Å²) in [5.74, 6) is 0.304. The van der Waals surface area contributed by atoms with E-state index in [-0.39, 0.29) is 0 Å². The lowest BCUT2D eigenvalue weighted by Crippen LogP contribution is -2.27. The summed E-state index contributed by atoms with van der Waals surface area (Å²) in [5.41, 5.74) is 3.48. The van der Waals surface area contributed by atoms with Crippen LogP contribution in [0.5, 0.6) is 0 Å². The maximum Gasteiger partial charge on any atom is 0.211 e. The molecule has 1 fully saturated rings. The average molecular weight is 321 g/mol. The van der Waals surface area contributed by atoms with Gasteiger partial charge in [0.1, 0.15) is 12.0 Å². The number of H-pyrrole nitrogens is 1. The van der Waals surface area contributed by atoms with Crippen molar-refractivity contribution >= 4 is 10.0 Å². The molecule has 2 aromatic rings. The Morgan fingerprint density at radius 1 is 1.32 bits per heavy atom. The van der Waals surface area contributed by atoms with Crippen molar-refractivity contribution in [3.05, 3.63) is 29.8 Å². The quantitative estimate of drug-likeness (QED) is 0.907. The van der Waals surface area contributed by atoms with Crippen LogP contribution in [0.4, 0.5) is 0 Å². The summed E-state index contributed by atoms with van der Waals surface area (Å²) in [7, 11) is -3.09. The molecule has 1 N–H and O–H groups in total. The van der Waals surface area contributed by atoms with Gasteiger partial charge >= 0.3 is 0 Å². The lowest BCUT2D eigenvalue weighted by Gasteiger charge is -2.13. The van der Waals surface area contributed by atoms with Crippen LogP contribution in [0.1, 0.15) is 17.8 Å². The van der Waals surface area contributed by atoms with E-state index in [0.717, 1.165) is 35.6 Å². The maximum atomic E-state index is 11.6. The number of aryl methyl sites for hydroxylation is 1. The zero-order valence-electron chi connectivity index (χ0n) is 12.7. The first-order chi connectivity index (χ1) is 10.4. The molecule has 8 heteroatoms. The zero-order chi connectivity index (χ0) is 15.7. The van der Waals surface area contributed by atoms with Gasteiger partial charge < -0.3 is 0 Å². The van der Waals surface area contributed by atoms with E-state index in [4.69, 9.17) is 0 Å². The van der Waals surface area contributed by atoms with Crippen molar-refractivity contribution in [3.63, 3.8) is 0 Å². The van der Waals surface area contributed by atoms with Gasteiger partial charge in [-0.3, -0.25) is 5.10 Å². The normalized spacial score (nSPS) is 19.6. The smallest absolute Gasteiger partial charge is 0.211 e. The van der Waals surface area contributed by atoms with Gasteiger partial charge in [-0.05, 0) is 37.8 Å². The Hall–Kier alpha value is -1.80. The molecular weight excluding hydrogens is 302 g/mol. The van der Waals surface area contributed by atoms with E-state index in [1.165, 1.54) is 16.9 Å². The number of nitrogens with zero attached hydrogens (tertiary/aromatic N) is 4. The molecule has 0 radical (unpaired) electrons. The molecule has 1 atom stereocenters. The number of nitrogens with one attached hydrogen (secondary N) is 1. The predicted molar refractivity (Wildman–Crippen MR) is 82.6 cm³/mol. The van der Waals surface area contributed by atoms with Crippen LogP contribution in [0, 0.1) is 12.8 Å². The molecule has 7 nitrogen and oxygen atoms in total. The second-order valence-electron chi connectivity index (χ2n) is 5.81. The molecule has 3 rings (SSSR count). The van der Waals surface area contributed by atoms with Gasteiger partial charge in [-0.1, -0.05) is 0 Å². The highest BCUT2D eigenvalue weighted by molar-refractivity contribution is 7.88. The van der Waals surface area contributed by atoms with Gasteiger partial charge in [-0.2, -0.15) is 5.10 Å². The summed E-state index contributed by atoms with van der Waals surface area (Å²) in [6.07, 6.45) is 4.43. The van der Waals surface area contributed by atoms with Gasteiger partial charge in [0.25, 0.3) is 0 Å². The summed E-state index contributed by atoms with van der Waals surface area (Å²) in [6.45, 7) is 3.11. The number of aromatic amines is 1. The standard InChI is InChI=1S/C14H19N5O2S/c1-10-5-14(18-17-10)13-7-12(15-9-16-13)6-11-3-4-19(8-11)22(2,20)21/h5,7,9,11H,3-4,6,8H2,1-2H3,(H,17,18)/t11-/m1/s1. The molecule has 0 aromatic carbocycles. The minimum absolute atomic E-state index is 0.304. The van der Waals surface area contributed by atoms with Crippen molar-refractivity contribution in [2.45, 2.75) is 19.8 Å². The number of rotatable bonds is 4. The molecule has 1 saturated heterocycles. The van der Waals surface area contributed by atoms with Gasteiger partial charge in [-0.25, -0.2) is 22.7 Å². The molecule has 0 saturated carbocycles. The number of sulfonamides is 1. The van der Waals surface area contributed by atoms with Crippen molar-refractivity contribution in [1.29, 1.82) is 0 Å². The molecular formula is C14H19N5O2S. The van der Waals surface area contributed by atoms with Crippen LogP contribution >= 0.6 is 0 Å². The molecule has 1 aliphatic heterocycles. The molecule has 3 heterocycles. The Bertz CT molecular complexity index is 771. The fraction of sp³-hybridized carbons (Fsp3) is 0.500. The fourth-order valence-electron chi connectivity index (χ4n) is 2.76. The topological polar surface area (TPSA) is 91.8 Å². The fourth-order valence-corrected chi connectivity index (χ4v) is 3.68. The van der Waals surface area contributed by atoms with Crippen LogP contribution in [-0.2, 0) is 16.4 Å². The lowest BCUT2D eigenvalue weighted by atomic mass is 10.0. The van der Waals surface area contributed by atoms with E-state index < -0.39 is 10.0 Å². The first-order valence-corrected chi connectivity index (χ1v) is 9.05. The van der Waals surface area contributed by atoms with Gasteiger partial charge in [0.15, 0.2) is 0 Å². The van der Waals surface area contributed by atoms with Gasteiger partial charge in [0, 0.05) is 24.5 Å². The highest BCUT2D eigenvalue weighted by atomic mass is 32.2. The Balaban J connectivity index is 1.72. The number of hydrogen-bond acceptors (Lipinski definition) is 5. The van der Waals surface area contributed by atoms with E-state index >= 15 is 0 Å². The van der Waals surface area contributed by atoms with Crippen molar-refractivity contribution in [1.82, 2.24) is 24.5 Å². The molecule has 1 aliphatic rings. The van der Waals surface area contributed by atoms with Crippen molar-refractivity contribution < 1.29 is 8.42 Å². The third kappa shape index (κ3) is 3.33. The van der Waals surface area contributed by atoms with Crippen molar-refractivity contribution in [3.8, 4) is 11.4 Å². The van der Waals surface area contributed by atoms with Crippen LogP contribution in [0.25, 0.3) is 11.4 Å². The molecule has 2 aromatic heterocycles. The van der Waals surface area contributed by atoms with E-state index in [1.54, 1.807) is 0 Å². The van der Waals surface area contributed by atoms with Gasteiger partial charge in [0.05, 0.1) is 11.9 Å². The van der Waals surface area contributed by atoms with Gasteiger partial charge in [-0.15, -0.1) is 0 Å². The molecule has 0 amide bonds. The monoisotopic (exact) mass is 321 g/mol. The average Bonchev–Trinajstić information content (AvgIpc) is 3.08. The maximum absolute atomic E-state index is 11.6. The first-order valence-electron chi connectivity index (χ1n) is 7.20. The van der Waals surface area contributed by atoms with Crippen molar-refractivity contribution in [2.75, 3.05) is 19.3 Å². The van der Waals surface area contributed by atoms with Crippen LogP contribution in [0.2, 0.25) is 0 Å². The van der Waals surface area contributed by atoms with E-state index in [1.807, 2.05) is 19.1 Å². The number of aromatic nitrogens is 4. The Morgan fingerprint density at radius 3 is 2.77 bits per heavy atom. The van der Waals surface area contributed by atoms with E-state index in [2.05, 4.69) is 20.2 Å². The minimum atomic E-state index is -3.09. The second-order valence-corrected chi connectivity index (χ2v) is 7.79. The van der Waals surface area contributed by atoms with Crippen LogP contribution < -0.4 is 0 Å². The summed E-state index contributed by atoms with van der Waals surface area (Å²) < 4.78 is 24.7. The third-order valence-corrected chi connectivity index (χ3v) is 5.18. The van der Waals surface area contributed by atoms with E-state index in [9.17, 15) is 8.42 Å². The summed E-state index contributed by atoms with van der Waals surface area (Å²) >= 11 is 0. The van der Waals surface area contributed by atoms with E-state index in [0.29, 0.717) is 19.0 Å². The van der Waals surface area contributed by atoms with Gasteiger partial charge in [0.2, 0.25) is 10.0 Å². The molecule has 0 aliphatic carbocycles. The highest BCUT2D eigenvalue weighted by Crippen LogP contribution is 2.23. The van der Waals surface area contributed by atoms with Crippen LogP contribution in [0.15, 0.2) is 18.5 Å². The Morgan fingerprint density at radius 2 is 2.14 bits per heavy atom. The molecule has 118 valence electrons. The molecule has 22 heavy (non-hydrogen) atoms. The van der Waals surface area contributed by atoms with Crippen LogP contribution in [0.3, 0.4) is 0 Å². The molecule has 0 bridgehead atoms. The predicted octanol–water partition coefficient (Wildman–Crippen LogP) is 0.999. The number of hydrogen-bond donors (Lipinski definition) is 1. The minimum Gasteiger partial charge on any atom is -0.282 e. The van der Waals surface area contributed by atoms with Crippen LogP contribution in [-0.4, -0.2) is 52.2 Å². The SMILES string of the molecule is Cc1cc(-c2cc(C[C@H]3CCN(S(C)(=O)=O)C3)ncn2)n[nH]1. The lowest BCUT2D eigenvalue weighted by molar-refractivity contribution is 0.459. The summed E-state index contributed by atoms with van der Waals surface area (Å²) in [4.78, 5) is 8.56. The zero-order valence-corrected chi connectivity index (χ0v) is 13.5. The largest absolute Gasteiger partial charge is 0.282 e. The summed E-state index contributed by atoms with van der Waals surface area (Å²) in [6, 6.07) is 3.87. The first kappa shape index (κ1) is 15.1. The second kappa shape index (κ2) is 5.77. The Kier molecular flexibility index (Phi) is 3.96. The molecule has 0 spiro atoms. The van der Waals surface area contributed by atoms with Crippen molar-refractivity contribution in [2.24, 2.45) is 5.92 Å². The third-order valence-electron chi connectivity index (χ3n) is 3.91. The molecule has 0 unspecified atom stereocenters. The highest BCUT2D eigenvalue weighted by Gasteiger charge is 2.28. The summed E-state index contributed by atoms with van der Waals surface area (Å²) in [5, 5.41) is 7.10.